The Hall–Kier alpha value is -2.02. The van der Waals surface area contributed by atoms with E-state index in [0.29, 0.717) is 11.5 Å². The Bertz CT molecular complexity index is 661. The first-order valence-corrected chi connectivity index (χ1v) is 7.14. The third-order valence-electron chi connectivity index (χ3n) is 2.58. The number of hydrogen-bond donors (Lipinski definition) is 3. The van der Waals surface area contributed by atoms with E-state index in [9.17, 15) is 4.79 Å². The van der Waals surface area contributed by atoms with Gasteiger partial charge in [0.1, 0.15) is 11.4 Å². The number of nitrogens with one attached hydrogen (secondary N) is 2. The van der Waals surface area contributed by atoms with Gasteiger partial charge in [-0.25, -0.2) is 4.79 Å². The third kappa shape index (κ3) is 3.98. The number of benzene rings is 1. The van der Waals surface area contributed by atoms with Crippen molar-refractivity contribution in [1.29, 1.82) is 0 Å². The molecule has 0 saturated carbocycles. The predicted molar refractivity (Wildman–Crippen MR) is 86.0 cm³/mol. The van der Waals surface area contributed by atoms with Gasteiger partial charge in [0.2, 0.25) is 0 Å². The molecule has 1 aromatic carbocycles. The zero-order valence-electron chi connectivity index (χ0n) is 12.0. The fourth-order valence-electron chi connectivity index (χ4n) is 1.73. The van der Waals surface area contributed by atoms with Crippen molar-refractivity contribution in [3.8, 4) is 11.1 Å². The average Bonchev–Trinajstić information content (AvgIpc) is 2.76. The van der Waals surface area contributed by atoms with Gasteiger partial charge in [-0.2, -0.15) is 5.10 Å². The smallest absolute Gasteiger partial charge is 0.412 e. The Balaban J connectivity index is 2.24. The molecule has 0 bridgehead atoms. The normalized spacial score (nSPS) is 11.2. The highest BCUT2D eigenvalue weighted by Gasteiger charge is 2.17. The second-order valence-corrected chi connectivity index (χ2v) is 6.37. The van der Waals surface area contributed by atoms with Crippen LogP contribution >= 0.6 is 15.9 Å². The minimum absolute atomic E-state index is 0.473. The molecule has 7 heteroatoms. The number of aromatic nitrogens is 2. The van der Waals surface area contributed by atoms with Crippen molar-refractivity contribution in [2.75, 3.05) is 11.1 Å². The molecule has 0 aliphatic rings. The van der Waals surface area contributed by atoms with E-state index < -0.39 is 11.7 Å². The van der Waals surface area contributed by atoms with Crippen LogP contribution in [-0.2, 0) is 4.74 Å². The lowest BCUT2D eigenvalue weighted by atomic mass is 10.1. The molecule has 0 radical (unpaired) electrons. The van der Waals surface area contributed by atoms with Crippen LogP contribution in [0.15, 0.2) is 28.9 Å². The molecule has 4 N–H and O–H groups in total. The van der Waals surface area contributed by atoms with Crippen LogP contribution in [-0.4, -0.2) is 21.9 Å². The Morgan fingerprint density at radius 2 is 2.14 bits per heavy atom. The van der Waals surface area contributed by atoms with Gasteiger partial charge < -0.3 is 10.5 Å². The number of carbonyl (C=O) groups is 1. The third-order valence-corrected chi connectivity index (χ3v) is 3.27. The van der Waals surface area contributed by atoms with Gasteiger partial charge in [0.15, 0.2) is 0 Å². The number of carbonyl (C=O) groups excluding carboxylic acids is 1. The fraction of sp³-hybridized carbons (Fsp3) is 0.286. The Kier molecular flexibility index (Phi) is 4.22. The SMILES string of the molecule is CC(C)(C)OC(=O)Nc1cc(-c2cn[nH]c2N)ccc1Br. The Morgan fingerprint density at radius 3 is 2.71 bits per heavy atom. The number of ether oxygens (including phenoxy) is 1. The molecular weight excluding hydrogens is 336 g/mol. The molecule has 0 fully saturated rings. The number of rotatable bonds is 2. The highest BCUT2D eigenvalue weighted by molar-refractivity contribution is 9.10. The van der Waals surface area contributed by atoms with Crippen molar-refractivity contribution in [3.63, 3.8) is 0 Å². The summed E-state index contributed by atoms with van der Waals surface area (Å²) in [6, 6.07) is 5.51. The molecule has 2 rings (SSSR count). The number of halogens is 1. The summed E-state index contributed by atoms with van der Waals surface area (Å²) < 4.78 is 5.99. The average molecular weight is 353 g/mol. The van der Waals surface area contributed by atoms with Gasteiger partial charge in [-0.15, -0.1) is 0 Å². The zero-order chi connectivity index (χ0) is 15.6. The van der Waals surface area contributed by atoms with E-state index in [1.165, 1.54) is 0 Å². The monoisotopic (exact) mass is 352 g/mol. The van der Waals surface area contributed by atoms with Crippen molar-refractivity contribution in [2.45, 2.75) is 26.4 Å². The van der Waals surface area contributed by atoms with Crippen LogP contribution in [0, 0.1) is 0 Å². The Morgan fingerprint density at radius 1 is 1.43 bits per heavy atom. The summed E-state index contributed by atoms with van der Waals surface area (Å²) in [5.41, 5.74) is 7.47. The van der Waals surface area contributed by atoms with Crippen LogP contribution in [0.1, 0.15) is 20.8 Å². The highest BCUT2D eigenvalue weighted by Crippen LogP contribution is 2.31. The van der Waals surface area contributed by atoms with Gasteiger partial charge in [-0.3, -0.25) is 10.4 Å². The number of nitrogen functional groups attached to an aromatic ring is 1. The lowest BCUT2D eigenvalue weighted by molar-refractivity contribution is 0.0636. The van der Waals surface area contributed by atoms with Crippen LogP contribution < -0.4 is 11.1 Å². The first kappa shape index (κ1) is 15.4. The van der Waals surface area contributed by atoms with Crippen molar-refractivity contribution in [2.24, 2.45) is 0 Å². The van der Waals surface area contributed by atoms with Gasteiger partial charge >= 0.3 is 6.09 Å². The number of nitrogens with two attached hydrogens (primary N) is 1. The van der Waals surface area contributed by atoms with Crippen LogP contribution in [0.3, 0.4) is 0 Å². The summed E-state index contributed by atoms with van der Waals surface area (Å²) in [5, 5.41) is 9.27. The molecule has 1 amide bonds. The predicted octanol–water partition coefficient (Wildman–Crippen LogP) is 3.77. The zero-order valence-corrected chi connectivity index (χ0v) is 13.6. The summed E-state index contributed by atoms with van der Waals surface area (Å²) in [5.74, 6) is 0.473. The first-order chi connectivity index (χ1) is 9.76. The van der Waals surface area contributed by atoms with E-state index >= 15 is 0 Å². The molecule has 1 aromatic heterocycles. The summed E-state index contributed by atoms with van der Waals surface area (Å²) in [6.45, 7) is 5.43. The largest absolute Gasteiger partial charge is 0.444 e. The maximum Gasteiger partial charge on any atom is 0.412 e. The molecule has 1 heterocycles. The van der Waals surface area contributed by atoms with E-state index in [1.54, 1.807) is 12.3 Å². The molecule has 0 atom stereocenters. The lowest BCUT2D eigenvalue weighted by Gasteiger charge is -2.20. The van der Waals surface area contributed by atoms with Gasteiger partial charge in [-0.05, 0) is 54.4 Å². The maximum absolute atomic E-state index is 11.8. The molecule has 6 nitrogen and oxygen atoms in total. The van der Waals surface area contributed by atoms with Gasteiger partial charge in [-0.1, -0.05) is 6.07 Å². The van der Waals surface area contributed by atoms with E-state index in [1.807, 2.05) is 32.9 Å². The molecule has 2 aromatic rings. The molecule has 0 spiro atoms. The summed E-state index contributed by atoms with van der Waals surface area (Å²) >= 11 is 3.40. The number of aromatic amines is 1. The summed E-state index contributed by atoms with van der Waals surface area (Å²) in [4.78, 5) is 11.8. The Labute approximate surface area is 131 Å². The lowest BCUT2D eigenvalue weighted by Crippen LogP contribution is -2.27. The first-order valence-electron chi connectivity index (χ1n) is 6.35. The standard InChI is InChI=1S/C14H17BrN4O2/c1-14(2,3)21-13(20)18-11-6-8(4-5-10(11)15)9-7-17-19-12(9)16/h4-7H,1-3H3,(H,18,20)(H3,16,17,19). The molecule has 0 aliphatic carbocycles. The van der Waals surface area contributed by atoms with E-state index in [0.717, 1.165) is 15.6 Å². The van der Waals surface area contributed by atoms with Crippen molar-refractivity contribution in [1.82, 2.24) is 10.2 Å². The molecule has 21 heavy (non-hydrogen) atoms. The molecule has 112 valence electrons. The van der Waals surface area contributed by atoms with E-state index in [4.69, 9.17) is 10.5 Å². The second-order valence-electron chi connectivity index (χ2n) is 5.52. The van der Waals surface area contributed by atoms with Crippen molar-refractivity contribution in [3.05, 3.63) is 28.9 Å². The number of anilines is 2. The molecule has 0 aliphatic heterocycles. The van der Waals surface area contributed by atoms with Crippen molar-refractivity contribution >= 4 is 33.5 Å². The number of nitrogens with zero attached hydrogens (tertiary/aromatic N) is 1. The van der Waals surface area contributed by atoms with Gasteiger partial charge in [0, 0.05) is 10.0 Å². The number of H-pyrrole nitrogens is 1. The van der Waals surface area contributed by atoms with Crippen LogP contribution in [0.4, 0.5) is 16.3 Å². The fourth-order valence-corrected chi connectivity index (χ4v) is 2.07. The van der Waals surface area contributed by atoms with Gasteiger partial charge in [0.25, 0.3) is 0 Å². The van der Waals surface area contributed by atoms with E-state index in [-0.39, 0.29) is 0 Å². The summed E-state index contributed by atoms with van der Waals surface area (Å²) in [7, 11) is 0. The maximum atomic E-state index is 11.8. The van der Waals surface area contributed by atoms with Crippen LogP contribution in [0.5, 0.6) is 0 Å². The quantitative estimate of drug-likeness (QED) is 0.766. The highest BCUT2D eigenvalue weighted by atomic mass is 79.9. The number of hydrogen-bond acceptors (Lipinski definition) is 4. The van der Waals surface area contributed by atoms with Crippen LogP contribution in [0.2, 0.25) is 0 Å². The minimum Gasteiger partial charge on any atom is -0.444 e. The van der Waals surface area contributed by atoms with Crippen molar-refractivity contribution < 1.29 is 9.53 Å². The van der Waals surface area contributed by atoms with E-state index in [2.05, 4.69) is 31.4 Å². The topological polar surface area (TPSA) is 93.0 Å². The molecule has 0 unspecified atom stereocenters. The molecule has 0 saturated heterocycles. The van der Waals surface area contributed by atoms with Gasteiger partial charge in [0.05, 0.1) is 11.9 Å². The van der Waals surface area contributed by atoms with Crippen LogP contribution in [0.25, 0.3) is 11.1 Å². The summed E-state index contributed by atoms with van der Waals surface area (Å²) in [6.07, 6.45) is 1.12. The number of amides is 1. The second kappa shape index (κ2) is 5.77. The minimum atomic E-state index is -0.552. The molecular formula is C14H17BrN4O2.